The van der Waals surface area contributed by atoms with Crippen molar-refractivity contribution in [3.63, 3.8) is 0 Å². The van der Waals surface area contributed by atoms with Gasteiger partial charge in [0.05, 0.1) is 56.9 Å². The fourth-order valence-corrected chi connectivity index (χ4v) is 16.1. The quantitative estimate of drug-likeness (QED) is 0.0604. The molecule has 6 aliphatic heterocycles. The Labute approximate surface area is 486 Å². The average molecular weight is 1210 g/mol. The Kier molecular flexibility index (Phi) is 19.8. The monoisotopic (exact) mass is 1210 g/mol. The van der Waals surface area contributed by atoms with Gasteiger partial charge in [-0.05, 0) is 75.0 Å². The molecule has 6 heterocycles. The Morgan fingerprint density at radius 2 is 1.21 bits per heavy atom. The number of rotatable bonds is 17. The van der Waals surface area contributed by atoms with Crippen LogP contribution < -0.4 is 0 Å². The summed E-state index contributed by atoms with van der Waals surface area (Å²) < 4.78 is 65.4. The van der Waals surface area contributed by atoms with Crippen LogP contribution in [-0.4, -0.2) is 291 Å². The Morgan fingerprint density at radius 3 is 1.90 bits per heavy atom. The molecule has 0 radical (unpaired) electrons. The minimum Gasteiger partial charge on any atom is -0.394 e. The minimum atomic E-state index is -1.79. The van der Waals surface area contributed by atoms with Crippen LogP contribution in [0.2, 0.25) is 0 Å². The van der Waals surface area contributed by atoms with Gasteiger partial charge in [0.15, 0.2) is 37.2 Å². The van der Waals surface area contributed by atoms with Gasteiger partial charge in [-0.3, -0.25) is 0 Å². The number of aliphatic hydroxyl groups is 17. The molecule has 0 spiro atoms. The van der Waals surface area contributed by atoms with E-state index in [0.29, 0.717) is 44.9 Å². The van der Waals surface area contributed by atoms with Crippen LogP contribution in [0.1, 0.15) is 92.4 Å². The van der Waals surface area contributed by atoms with Crippen molar-refractivity contribution in [3.05, 3.63) is 11.6 Å². The Morgan fingerprint density at radius 1 is 0.607 bits per heavy atom. The Bertz CT molecular complexity index is 2240. The molecule has 0 bridgehead atoms. The van der Waals surface area contributed by atoms with Crippen LogP contribution in [0.4, 0.5) is 0 Å². The number of fused-ring (bicyclic) bond motifs is 7. The van der Waals surface area contributed by atoms with Gasteiger partial charge in [0.25, 0.3) is 0 Å². The summed E-state index contributed by atoms with van der Waals surface area (Å²) in [6.45, 7) is 7.31. The second-order valence-electron chi connectivity index (χ2n) is 26.4. The lowest BCUT2D eigenvalue weighted by Crippen LogP contribution is -2.66. The topological polar surface area (TPSA) is 445 Å². The Hall–Kier alpha value is -1.38. The fraction of sp³-hybridized carbons (Fsp3) is 0.964. The van der Waals surface area contributed by atoms with Gasteiger partial charge in [-0.25, -0.2) is 0 Å². The number of allylic oxidation sites excluding steroid dienone is 1. The summed E-state index contributed by atoms with van der Waals surface area (Å²) >= 11 is 0. The maximum atomic E-state index is 13.2. The molecule has 35 unspecified atom stereocenters. The predicted octanol–water partition coefficient (Wildman–Crippen LogP) is -5.43. The number of hydrogen-bond acceptors (Lipinski definition) is 28. The molecule has 0 aromatic rings. The van der Waals surface area contributed by atoms with Gasteiger partial charge in [0.2, 0.25) is 0 Å². The molecule has 0 amide bonds. The predicted molar refractivity (Wildman–Crippen MR) is 278 cm³/mol. The molecule has 9 fully saturated rings. The second-order valence-corrected chi connectivity index (χ2v) is 26.4. The molecule has 0 aromatic heterocycles. The van der Waals surface area contributed by atoms with E-state index in [9.17, 15) is 86.8 Å². The lowest BCUT2D eigenvalue weighted by atomic mass is 9.45. The van der Waals surface area contributed by atoms with Gasteiger partial charge in [0, 0.05) is 30.1 Å². The van der Waals surface area contributed by atoms with E-state index in [1.807, 2.05) is 13.8 Å². The standard InChI is InChI=1S/C56H92O28/c1-21(18-74-48-43(69)40(66)37(63)32(81-48)20-76-49-42(68)39(65)36(62)30(16-57)79-49)8-13-56(73)22(2)33-29(84-56)15-55(72)27-7-6-24-14-25(9-11-53(24,4)26(27)10-12-54(33,55)5)78-52-47(83-51-44(70)38(64)34(60)23(3)77-51)45(71)46(31(17-58)80-52)82-50-41(67)35(61)28(59)19-75-50/h6,21-23,25-52,57-73H,7-20H2,1-5H3. The highest BCUT2D eigenvalue weighted by molar-refractivity contribution is 5.29. The van der Waals surface area contributed by atoms with E-state index >= 15 is 0 Å². The summed E-state index contributed by atoms with van der Waals surface area (Å²) in [4.78, 5) is 0. The van der Waals surface area contributed by atoms with E-state index in [1.165, 1.54) is 6.92 Å². The van der Waals surface area contributed by atoms with Gasteiger partial charge >= 0.3 is 0 Å². The van der Waals surface area contributed by atoms with Crippen molar-refractivity contribution < 1.29 is 139 Å². The summed E-state index contributed by atoms with van der Waals surface area (Å²) in [5, 5.41) is 184. The summed E-state index contributed by atoms with van der Waals surface area (Å²) in [7, 11) is 0. The van der Waals surface area contributed by atoms with E-state index in [1.54, 1.807) is 0 Å². The second kappa shape index (κ2) is 25.4. The third-order valence-electron chi connectivity index (χ3n) is 21.4. The highest BCUT2D eigenvalue weighted by Gasteiger charge is 2.74. The normalized spacial score (nSPS) is 55.3. The molecule has 17 N–H and O–H groups in total. The molecular formula is C56H92O28. The molecule has 0 aromatic carbocycles. The zero-order valence-electron chi connectivity index (χ0n) is 48.0. The molecule has 6 saturated heterocycles. The van der Waals surface area contributed by atoms with Crippen molar-refractivity contribution in [2.45, 2.75) is 263 Å². The van der Waals surface area contributed by atoms with Gasteiger partial charge in [0.1, 0.15) is 110 Å². The highest BCUT2D eigenvalue weighted by Crippen LogP contribution is 2.72. The van der Waals surface area contributed by atoms with E-state index in [2.05, 4.69) is 19.9 Å². The molecule has 28 nitrogen and oxygen atoms in total. The van der Waals surface area contributed by atoms with Crippen LogP contribution in [0.25, 0.3) is 0 Å². The third kappa shape index (κ3) is 11.6. The van der Waals surface area contributed by atoms with Gasteiger partial charge in [-0.15, -0.1) is 0 Å². The van der Waals surface area contributed by atoms with E-state index in [4.69, 9.17) is 52.1 Å². The summed E-state index contributed by atoms with van der Waals surface area (Å²) in [6.07, 6.45) is -31.4. The average Bonchev–Trinajstić information content (AvgIpc) is 1.52. The first-order chi connectivity index (χ1) is 39.6. The molecule has 10 rings (SSSR count). The summed E-state index contributed by atoms with van der Waals surface area (Å²) in [5.74, 6) is -2.42. The molecule has 35 atom stereocenters. The first-order valence-corrected chi connectivity index (χ1v) is 29.9. The maximum Gasteiger partial charge on any atom is 0.187 e. The number of aliphatic hydroxyl groups excluding tert-OH is 15. The fourth-order valence-electron chi connectivity index (χ4n) is 16.1. The number of ether oxygens (including phenoxy) is 11. The van der Waals surface area contributed by atoms with E-state index in [0.717, 1.165) is 12.0 Å². The van der Waals surface area contributed by atoms with Crippen LogP contribution in [-0.2, 0) is 52.1 Å². The minimum absolute atomic E-state index is 0.00167. The van der Waals surface area contributed by atoms with Crippen LogP contribution in [0.5, 0.6) is 0 Å². The zero-order valence-corrected chi connectivity index (χ0v) is 48.0. The van der Waals surface area contributed by atoms with Crippen molar-refractivity contribution in [2.24, 2.45) is 40.4 Å². The lowest BCUT2D eigenvalue weighted by Gasteiger charge is -2.61. The zero-order chi connectivity index (χ0) is 60.9. The van der Waals surface area contributed by atoms with E-state index in [-0.39, 0.29) is 48.0 Å². The highest BCUT2D eigenvalue weighted by atomic mass is 16.8. The SMILES string of the molecule is CC(CCC1(O)OC2CC3(O)C4CC=C5CC(OC6OC(CO)C(OC7OCC(O)C(O)C7O)C(O)C6OC6OC(C)C(O)C(O)C6O)CCC5(C)C4CCC3(C)C2C1C)COC1OC(COC2OC(CO)C(O)C(O)C2O)C(O)C(O)C1O. The van der Waals surface area contributed by atoms with Crippen LogP contribution in [0.3, 0.4) is 0 Å². The van der Waals surface area contributed by atoms with Crippen molar-refractivity contribution in [1.29, 1.82) is 0 Å². The van der Waals surface area contributed by atoms with Crippen molar-refractivity contribution in [3.8, 4) is 0 Å². The molecule has 84 heavy (non-hydrogen) atoms. The summed E-state index contributed by atoms with van der Waals surface area (Å²) in [6, 6.07) is 0. The van der Waals surface area contributed by atoms with Gasteiger partial charge in [-0.2, -0.15) is 0 Å². The molecule has 4 aliphatic carbocycles. The summed E-state index contributed by atoms with van der Waals surface area (Å²) in [5.41, 5.74) is -0.999. The smallest absolute Gasteiger partial charge is 0.187 e. The van der Waals surface area contributed by atoms with Gasteiger partial charge in [-0.1, -0.05) is 39.3 Å². The van der Waals surface area contributed by atoms with Crippen molar-refractivity contribution >= 4 is 0 Å². The number of hydrogen-bond donors (Lipinski definition) is 17. The van der Waals surface area contributed by atoms with Crippen molar-refractivity contribution in [1.82, 2.24) is 0 Å². The molecule has 3 saturated carbocycles. The van der Waals surface area contributed by atoms with Crippen LogP contribution >= 0.6 is 0 Å². The van der Waals surface area contributed by atoms with Crippen LogP contribution in [0, 0.1) is 40.4 Å². The van der Waals surface area contributed by atoms with Gasteiger partial charge < -0.3 is 139 Å². The molecule has 10 aliphatic rings. The Balaban J connectivity index is 0.757. The lowest BCUT2D eigenvalue weighted by molar-refractivity contribution is -0.385. The first-order valence-electron chi connectivity index (χ1n) is 29.9. The van der Waals surface area contributed by atoms with Crippen molar-refractivity contribution in [2.75, 3.05) is 33.0 Å². The third-order valence-corrected chi connectivity index (χ3v) is 21.4. The van der Waals surface area contributed by atoms with Crippen LogP contribution in [0.15, 0.2) is 11.6 Å². The van der Waals surface area contributed by atoms with E-state index < -0.39 is 203 Å². The largest absolute Gasteiger partial charge is 0.394 e. The maximum absolute atomic E-state index is 13.2. The molecule has 28 heteroatoms. The molecule has 484 valence electrons. The molecular weight excluding hydrogens is 1120 g/mol. The first kappa shape index (κ1) is 65.6.